The molecule has 0 bridgehead atoms. The van der Waals surface area contributed by atoms with Crippen LogP contribution in [0.5, 0.6) is 0 Å². The highest BCUT2D eigenvalue weighted by Gasteiger charge is 2.29. The molecule has 0 aromatic heterocycles. The van der Waals surface area contributed by atoms with Crippen molar-refractivity contribution < 1.29 is 0 Å². The largest absolute Gasteiger partial charge is 0.257 e. The topological polar surface area (TPSA) is 63.2 Å². The molecule has 128 valence electrons. The van der Waals surface area contributed by atoms with E-state index in [0.29, 0.717) is 11.1 Å². The van der Waals surface area contributed by atoms with Crippen molar-refractivity contribution in [3.05, 3.63) is 101 Å². The number of rotatable bonds is 3. The van der Waals surface area contributed by atoms with Gasteiger partial charge in [0.05, 0.1) is 40.7 Å². The van der Waals surface area contributed by atoms with Gasteiger partial charge in [-0.25, -0.2) is 0 Å². The van der Waals surface area contributed by atoms with Gasteiger partial charge in [-0.15, -0.1) is 0 Å². The molecule has 4 rings (SSSR count). The normalized spacial score (nSPS) is 15.7. The lowest BCUT2D eigenvalue weighted by molar-refractivity contribution is 0.709. The van der Waals surface area contributed by atoms with Crippen molar-refractivity contribution in [2.45, 2.75) is 12.5 Å². The molecule has 4 nitrogen and oxygen atoms in total. The lowest BCUT2D eigenvalue weighted by atomic mass is 9.97. The van der Waals surface area contributed by atoms with Crippen molar-refractivity contribution in [3.8, 4) is 12.1 Å². The molecule has 1 aliphatic rings. The van der Waals surface area contributed by atoms with Crippen LogP contribution in [0.3, 0.4) is 0 Å². The summed E-state index contributed by atoms with van der Waals surface area (Å²) in [7, 11) is 0. The molecule has 3 aromatic carbocycles. The average molecular weight is 348 g/mol. The van der Waals surface area contributed by atoms with Crippen LogP contribution in [-0.2, 0) is 0 Å². The second kappa shape index (κ2) is 7.15. The van der Waals surface area contributed by atoms with Crippen LogP contribution in [0.1, 0.15) is 34.7 Å². The second-order valence-electron chi connectivity index (χ2n) is 6.37. The highest BCUT2D eigenvalue weighted by molar-refractivity contribution is 6.03. The smallest absolute Gasteiger partial charge is 0.0991 e. The van der Waals surface area contributed by atoms with Gasteiger partial charge in [0, 0.05) is 6.42 Å². The molecule has 1 unspecified atom stereocenters. The monoisotopic (exact) mass is 348 g/mol. The summed E-state index contributed by atoms with van der Waals surface area (Å²) in [5.74, 6) is 0. The molecule has 0 saturated carbocycles. The van der Waals surface area contributed by atoms with Crippen LogP contribution in [0, 0.1) is 22.7 Å². The molecule has 3 aromatic rings. The van der Waals surface area contributed by atoms with Crippen molar-refractivity contribution in [2.24, 2.45) is 5.10 Å². The van der Waals surface area contributed by atoms with Gasteiger partial charge in [0.2, 0.25) is 0 Å². The first-order valence-electron chi connectivity index (χ1n) is 8.71. The van der Waals surface area contributed by atoms with Crippen LogP contribution < -0.4 is 5.01 Å². The average Bonchev–Trinajstić information content (AvgIpc) is 3.20. The molecule has 0 N–H and O–H groups in total. The summed E-state index contributed by atoms with van der Waals surface area (Å²) in [5.41, 5.74) is 5.44. The number of anilines is 1. The second-order valence-corrected chi connectivity index (χ2v) is 6.37. The van der Waals surface area contributed by atoms with Crippen LogP contribution in [-0.4, -0.2) is 5.71 Å². The minimum atomic E-state index is 0.0425. The lowest BCUT2D eigenvalue weighted by Gasteiger charge is -2.24. The van der Waals surface area contributed by atoms with E-state index >= 15 is 0 Å². The van der Waals surface area contributed by atoms with E-state index < -0.39 is 0 Å². The Bertz CT molecular complexity index is 1050. The molecule has 1 aliphatic heterocycles. The first-order valence-corrected chi connectivity index (χ1v) is 8.71. The minimum Gasteiger partial charge on any atom is -0.257 e. The predicted octanol–water partition coefficient (Wildman–Crippen LogP) is 4.79. The third-order valence-corrected chi connectivity index (χ3v) is 4.70. The number of hydrazone groups is 1. The van der Waals surface area contributed by atoms with Gasteiger partial charge in [0.1, 0.15) is 0 Å². The molecule has 4 heteroatoms. The Morgan fingerprint density at radius 2 is 1.37 bits per heavy atom. The van der Waals surface area contributed by atoms with Crippen molar-refractivity contribution >= 4 is 11.4 Å². The van der Waals surface area contributed by atoms with Crippen molar-refractivity contribution in [1.82, 2.24) is 0 Å². The summed E-state index contributed by atoms with van der Waals surface area (Å²) in [6.45, 7) is 0. The van der Waals surface area contributed by atoms with Crippen LogP contribution >= 0.6 is 0 Å². The van der Waals surface area contributed by atoms with E-state index in [2.05, 4.69) is 24.3 Å². The third-order valence-electron chi connectivity index (χ3n) is 4.70. The summed E-state index contributed by atoms with van der Waals surface area (Å²) in [6, 6.07) is 29.6. The maximum Gasteiger partial charge on any atom is 0.0991 e. The van der Waals surface area contributed by atoms with Crippen LogP contribution in [0.4, 0.5) is 5.69 Å². The van der Waals surface area contributed by atoms with Crippen LogP contribution in [0.2, 0.25) is 0 Å². The molecule has 1 atom stereocenters. The highest BCUT2D eigenvalue weighted by atomic mass is 15.5. The Morgan fingerprint density at radius 1 is 0.778 bits per heavy atom. The molecule has 0 fully saturated rings. The van der Waals surface area contributed by atoms with E-state index in [4.69, 9.17) is 15.6 Å². The molecule has 0 saturated heterocycles. The fraction of sp³-hybridized carbons (Fsp3) is 0.0870. The third kappa shape index (κ3) is 3.29. The van der Waals surface area contributed by atoms with E-state index in [0.717, 1.165) is 28.9 Å². The van der Waals surface area contributed by atoms with E-state index in [1.54, 1.807) is 12.1 Å². The first kappa shape index (κ1) is 16.6. The maximum atomic E-state index is 9.05. The molecule has 0 radical (unpaired) electrons. The summed E-state index contributed by atoms with van der Waals surface area (Å²) in [5, 5.41) is 25.0. The zero-order chi connectivity index (χ0) is 18.6. The molecular weight excluding hydrogens is 332 g/mol. The zero-order valence-corrected chi connectivity index (χ0v) is 14.6. The SMILES string of the molecule is N#Cc1ccc(C2CC(c3ccccc3)=NN2c2ccc(C#N)cc2)cc1. The molecular formula is C23H16N4. The lowest BCUT2D eigenvalue weighted by Crippen LogP contribution is -2.18. The number of hydrogen-bond donors (Lipinski definition) is 0. The molecule has 0 spiro atoms. The Labute approximate surface area is 158 Å². The minimum absolute atomic E-state index is 0.0425. The predicted molar refractivity (Wildman–Crippen MR) is 105 cm³/mol. The van der Waals surface area contributed by atoms with Crippen molar-refractivity contribution in [3.63, 3.8) is 0 Å². The van der Waals surface area contributed by atoms with Gasteiger partial charge >= 0.3 is 0 Å². The number of nitriles is 2. The summed E-state index contributed by atoms with van der Waals surface area (Å²) in [4.78, 5) is 0. The van der Waals surface area contributed by atoms with Gasteiger partial charge in [-0.05, 0) is 47.5 Å². The van der Waals surface area contributed by atoms with Crippen molar-refractivity contribution in [1.29, 1.82) is 10.5 Å². The Morgan fingerprint density at radius 3 is 1.96 bits per heavy atom. The number of hydrogen-bond acceptors (Lipinski definition) is 4. The van der Waals surface area contributed by atoms with Crippen LogP contribution in [0.15, 0.2) is 84.0 Å². The number of nitrogens with zero attached hydrogens (tertiary/aromatic N) is 4. The van der Waals surface area contributed by atoms with E-state index in [1.807, 2.05) is 59.6 Å². The van der Waals surface area contributed by atoms with Crippen molar-refractivity contribution in [2.75, 3.05) is 5.01 Å². The van der Waals surface area contributed by atoms with E-state index in [-0.39, 0.29) is 6.04 Å². The van der Waals surface area contributed by atoms with Gasteiger partial charge in [0.15, 0.2) is 0 Å². The molecule has 0 amide bonds. The standard InChI is InChI=1S/C23H16N4/c24-15-17-6-10-20(11-7-17)23-14-22(19-4-2-1-3-5-19)26-27(23)21-12-8-18(16-25)9-13-21/h1-13,23H,14H2. The van der Waals surface area contributed by atoms with E-state index in [1.165, 1.54) is 0 Å². The maximum absolute atomic E-state index is 9.05. The van der Waals surface area contributed by atoms with Gasteiger partial charge in [-0.1, -0.05) is 42.5 Å². The fourth-order valence-corrected chi connectivity index (χ4v) is 3.28. The zero-order valence-electron chi connectivity index (χ0n) is 14.6. The molecule has 0 aliphatic carbocycles. The summed E-state index contributed by atoms with van der Waals surface area (Å²) in [6.07, 6.45) is 0.774. The highest BCUT2D eigenvalue weighted by Crippen LogP contribution is 2.36. The van der Waals surface area contributed by atoms with Gasteiger partial charge in [-0.2, -0.15) is 15.6 Å². The Hall–Kier alpha value is -3.89. The molecule has 1 heterocycles. The quantitative estimate of drug-likeness (QED) is 0.684. The van der Waals surface area contributed by atoms with Crippen LogP contribution in [0.25, 0.3) is 0 Å². The number of benzene rings is 3. The Kier molecular flexibility index (Phi) is 4.39. The Balaban J connectivity index is 1.74. The van der Waals surface area contributed by atoms with Gasteiger partial charge in [0.25, 0.3) is 0 Å². The first-order chi connectivity index (χ1) is 13.3. The van der Waals surface area contributed by atoms with E-state index in [9.17, 15) is 0 Å². The molecule has 27 heavy (non-hydrogen) atoms. The summed E-state index contributed by atoms with van der Waals surface area (Å²) >= 11 is 0. The van der Waals surface area contributed by atoms with Gasteiger partial charge < -0.3 is 0 Å². The summed E-state index contributed by atoms with van der Waals surface area (Å²) < 4.78 is 0. The van der Waals surface area contributed by atoms with Gasteiger partial charge in [-0.3, -0.25) is 5.01 Å². The fourth-order valence-electron chi connectivity index (χ4n) is 3.28.